The predicted molar refractivity (Wildman–Crippen MR) is 77.2 cm³/mol. The highest BCUT2D eigenvalue weighted by Crippen LogP contribution is 2.27. The van der Waals surface area contributed by atoms with Crippen molar-refractivity contribution in [1.29, 1.82) is 0 Å². The Labute approximate surface area is 110 Å². The van der Waals surface area contributed by atoms with Gasteiger partial charge >= 0.3 is 0 Å². The number of aromatic nitrogens is 1. The molecule has 2 heteroatoms. The van der Waals surface area contributed by atoms with Gasteiger partial charge in [-0.1, -0.05) is 19.9 Å². The van der Waals surface area contributed by atoms with Gasteiger partial charge in [-0.15, -0.1) is 0 Å². The van der Waals surface area contributed by atoms with Crippen LogP contribution in [0.4, 0.5) is 0 Å². The Bertz CT molecular complexity index is 499. The van der Waals surface area contributed by atoms with Crippen molar-refractivity contribution in [2.45, 2.75) is 40.2 Å². The van der Waals surface area contributed by atoms with Gasteiger partial charge in [-0.2, -0.15) is 0 Å². The van der Waals surface area contributed by atoms with Crippen LogP contribution in [-0.4, -0.2) is 11.2 Å². The minimum atomic E-state index is 0.720. The van der Waals surface area contributed by atoms with Gasteiger partial charge in [0.15, 0.2) is 0 Å². The lowest BCUT2D eigenvalue weighted by molar-refractivity contribution is 0.344. The Morgan fingerprint density at radius 3 is 2.78 bits per heavy atom. The van der Waals surface area contributed by atoms with E-state index in [0.717, 1.165) is 24.8 Å². The third kappa shape index (κ3) is 2.87. The number of fused-ring (bicyclic) bond motifs is 1. The van der Waals surface area contributed by atoms with E-state index in [1.807, 2.05) is 13.0 Å². The van der Waals surface area contributed by atoms with Crippen molar-refractivity contribution in [2.24, 2.45) is 5.92 Å². The molecule has 0 saturated carbocycles. The molecule has 0 unspecified atom stereocenters. The van der Waals surface area contributed by atoms with E-state index in [4.69, 9.17) is 4.74 Å². The van der Waals surface area contributed by atoms with Crippen LogP contribution in [0.1, 0.15) is 33.6 Å². The molecule has 0 aliphatic rings. The molecular formula is C16H23NO. The van der Waals surface area contributed by atoms with Crippen molar-refractivity contribution < 1.29 is 4.74 Å². The molecule has 0 radical (unpaired) electrons. The third-order valence-corrected chi connectivity index (χ3v) is 3.25. The molecule has 98 valence electrons. The van der Waals surface area contributed by atoms with Crippen LogP contribution in [0.25, 0.3) is 10.9 Å². The Kier molecular flexibility index (Phi) is 4.29. The average Bonchev–Trinajstić information content (AvgIpc) is 2.74. The Hall–Kier alpha value is -1.44. The molecule has 2 rings (SSSR count). The minimum Gasteiger partial charge on any atom is -0.493 e. The first kappa shape index (κ1) is 13.0. The second kappa shape index (κ2) is 5.94. The molecule has 0 aliphatic heterocycles. The summed E-state index contributed by atoms with van der Waals surface area (Å²) in [5, 5.41) is 1.23. The smallest absolute Gasteiger partial charge is 0.128 e. The van der Waals surface area contributed by atoms with Gasteiger partial charge < -0.3 is 9.30 Å². The summed E-state index contributed by atoms with van der Waals surface area (Å²) in [6, 6.07) is 8.46. The van der Waals surface area contributed by atoms with E-state index < -0.39 is 0 Å². The normalized spacial score (nSPS) is 11.3. The number of rotatable bonds is 6. The average molecular weight is 245 g/mol. The van der Waals surface area contributed by atoms with Crippen LogP contribution in [0.3, 0.4) is 0 Å². The van der Waals surface area contributed by atoms with Crippen molar-refractivity contribution in [1.82, 2.24) is 4.57 Å². The first-order chi connectivity index (χ1) is 8.72. The molecule has 1 aromatic carbocycles. The number of hydrogen-bond acceptors (Lipinski definition) is 1. The molecule has 0 spiro atoms. The van der Waals surface area contributed by atoms with Crippen molar-refractivity contribution in [2.75, 3.05) is 6.61 Å². The Balaban J connectivity index is 2.17. The molecule has 0 saturated heterocycles. The molecule has 0 amide bonds. The molecule has 0 bridgehead atoms. The number of nitrogens with zero attached hydrogens (tertiary/aromatic N) is 1. The summed E-state index contributed by atoms with van der Waals surface area (Å²) in [6.45, 7) is 8.40. The third-order valence-electron chi connectivity index (χ3n) is 3.25. The summed E-state index contributed by atoms with van der Waals surface area (Å²) in [5.74, 6) is 1.78. The molecule has 0 atom stereocenters. The van der Waals surface area contributed by atoms with Gasteiger partial charge in [0, 0.05) is 18.1 Å². The highest BCUT2D eigenvalue weighted by atomic mass is 16.5. The monoisotopic (exact) mass is 245 g/mol. The molecule has 0 aliphatic carbocycles. The van der Waals surface area contributed by atoms with Gasteiger partial charge in [0.1, 0.15) is 5.75 Å². The molecular weight excluding hydrogens is 222 g/mol. The number of aryl methyl sites for hydroxylation is 1. The Morgan fingerprint density at radius 2 is 2.06 bits per heavy atom. The SMILES string of the molecule is CCOc1cccc2c1ccn2CCCC(C)C. The van der Waals surface area contributed by atoms with Gasteiger partial charge in [0.05, 0.1) is 12.1 Å². The number of ether oxygens (including phenoxy) is 1. The zero-order valence-corrected chi connectivity index (χ0v) is 11.6. The van der Waals surface area contributed by atoms with E-state index in [1.54, 1.807) is 0 Å². The fourth-order valence-electron chi connectivity index (χ4n) is 2.34. The highest BCUT2D eigenvalue weighted by Gasteiger charge is 2.06. The largest absolute Gasteiger partial charge is 0.493 e. The molecule has 2 nitrogen and oxygen atoms in total. The molecule has 1 heterocycles. The lowest BCUT2D eigenvalue weighted by Gasteiger charge is -2.08. The fraction of sp³-hybridized carbons (Fsp3) is 0.500. The van der Waals surface area contributed by atoms with Crippen LogP contribution >= 0.6 is 0 Å². The predicted octanol–water partition coefficient (Wildman–Crippen LogP) is 4.48. The highest BCUT2D eigenvalue weighted by molar-refractivity contribution is 5.86. The quantitative estimate of drug-likeness (QED) is 0.732. The second-order valence-electron chi connectivity index (χ2n) is 5.17. The lowest BCUT2D eigenvalue weighted by atomic mass is 10.1. The fourth-order valence-corrected chi connectivity index (χ4v) is 2.34. The maximum atomic E-state index is 5.66. The zero-order chi connectivity index (χ0) is 13.0. The summed E-state index contributed by atoms with van der Waals surface area (Å²) in [5.41, 5.74) is 1.28. The van der Waals surface area contributed by atoms with Gasteiger partial charge in [-0.25, -0.2) is 0 Å². The van der Waals surface area contributed by atoms with E-state index in [1.165, 1.54) is 23.7 Å². The van der Waals surface area contributed by atoms with Gasteiger partial charge in [-0.05, 0) is 43.9 Å². The van der Waals surface area contributed by atoms with E-state index in [2.05, 4.69) is 42.8 Å². The summed E-state index contributed by atoms with van der Waals surface area (Å²) < 4.78 is 8.00. The van der Waals surface area contributed by atoms with Crippen molar-refractivity contribution >= 4 is 10.9 Å². The molecule has 1 aromatic heterocycles. The molecule has 18 heavy (non-hydrogen) atoms. The number of benzene rings is 1. The molecule has 2 aromatic rings. The van der Waals surface area contributed by atoms with E-state index >= 15 is 0 Å². The maximum Gasteiger partial charge on any atom is 0.128 e. The first-order valence-corrected chi connectivity index (χ1v) is 6.93. The zero-order valence-electron chi connectivity index (χ0n) is 11.6. The van der Waals surface area contributed by atoms with Crippen molar-refractivity contribution in [3.8, 4) is 5.75 Å². The Morgan fingerprint density at radius 1 is 1.22 bits per heavy atom. The summed E-state index contributed by atoms with van der Waals surface area (Å²) in [7, 11) is 0. The van der Waals surface area contributed by atoms with Crippen LogP contribution in [0, 0.1) is 5.92 Å². The minimum absolute atomic E-state index is 0.720. The van der Waals surface area contributed by atoms with Gasteiger partial charge in [0.2, 0.25) is 0 Å². The van der Waals surface area contributed by atoms with Crippen LogP contribution in [-0.2, 0) is 6.54 Å². The standard InChI is InChI=1S/C16H23NO/c1-4-18-16-9-5-8-15-14(16)10-12-17(15)11-6-7-13(2)3/h5,8-10,12-13H,4,6-7,11H2,1-3H3. The van der Waals surface area contributed by atoms with Crippen LogP contribution in [0.2, 0.25) is 0 Å². The van der Waals surface area contributed by atoms with E-state index in [0.29, 0.717) is 0 Å². The second-order valence-corrected chi connectivity index (χ2v) is 5.17. The van der Waals surface area contributed by atoms with Gasteiger partial charge in [-0.3, -0.25) is 0 Å². The maximum absolute atomic E-state index is 5.66. The van der Waals surface area contributed by atoms with Crippen LogP contribution in [0.15, 0.2) is 30.5 Å². The van der Waals surface area contributed by atoms with Crippen molar-refractivity contribution in [3.63, 3.8) is 0 Å². The van der Waals surface area contributed by atoms with Crippen molar-refractivity contribution in [3.05, 3.63) is 30.5 Å². The summed E-state index contributed by atoms with van der Waals surface area (Å²) in [4.78, 5) is 0. The van der Waals surface area contributed by atoms with E-state index in [9.17, 15) is 0 Å². The van der Waals surface area contributed by atoms with Gasteiger partial charge in [0.25, 0.3) is 0 Å². The lowest BCUT2D eigenvalue weighted by Crippen LogP contribution is -1.98. The molecule has 0 N–H and O–H groups in total. The summed E-state index contributed by atoms with van der Waals surface area (Å²) >= 11 is 0. The van der Waals surface area contributed by atoms with Crippen LogP contribution in [0.5, 0.6) is 5.75 Å². The topological polar surface area (TPSA) is 14.2 Å². The number of hydrogen-bond donors (Lipinski definition) is 0. The van der Waals surface area contributed by atoms with Crippen LogP contribution < -0.4 is 4.74 Å². The molecule has 0 fully saturated rings. The first-order valence-electron chi connectivity index (χ1n) is 6.93. The summed E-state index contributed by atoms with van der Waals surface area (Å²) in [6.07, 6.45) is 4.69. The van der Waals surface area contributed by atoms with E-state index in [-0.39, 0.29) is 0 Å².